The summed E-state index contributed by atoms with van der Waals surface area (Å²) in [5.41, 5.74) is 0. The fourth-order valence-electron chi connectivity index (χ4n) is 1.22. The molecule has 0 bridgehead atoms. The van der Waals surface area contributed by atoms with Crippen molar-refractivity contribution in [2.75, 3.05) is 6.61 Å². The van der Waals surface area contributed by atoms with Crippen LogP contribution < -0.4 is 0 Å². The monoisotopic (exact) mass is 147 g/mol. The van der Waals surface area contributed by atoms with Crippen LogP contribution in [0.5, 0.6) is 0 Å². The minimum absolute atomic E-state index is 0.274. The van der Waals surface area contributed by atoms with Gasteiger partial charge in [-0.2, -0.15) is 0 Å². The fraction of sp³-hybridized carbons (Fsp3) is 0.857. The van der Waals surface area contributed by atoms with Gasteiger partial charge in [-0.25, -0.2) is 0 Å². The van der Waals surface area contributed by atoms with Gasteiger partial charge in [0.15, 0.2) is 0 Å². The zero-order valence-electron chi connectivity index (χ0n) is 5.39. The van der Waals surface area contributed by atoms with Crippen molar-refractivity contribution in [1.29, 1.82) is 0 Å². The van der Waals surface area contributed by atoms with Crippen molar-refractivity contribution < 1.29 is 5.11 Å². The second-order valence-electron chi connectivity index (χ2n) is 2.64. The molecule has 2 unspecified atom stereocenters. The largest absolute Gasteiger partial charge is 0.396 e. The van der Waals surface area contributed by atoms with Gasteiger partial charge < -0.3 is 5.11 Å². The molecule has 0 spiro atoms. The maximum absolute atomic E-state index is 8.73. The van der Waals surface area contributed by atoms with Crippen molar-refractivity contribution in [3.8, 4) is 0 Å². The summed E-state index contributed by atoms with van der Waals surface area (Å²) in [7, 11) is 0. The normalized spacial score (nSPS) is 36.7. The van der Waals surface area contributed by atoms with Gasteiger partial charge in [-0.3, -0.25) is 0 Å². The lowest BCUT2D eigenvalue weighted by Crippen LogP contribution is -2.18. The van der Waals surface area contributed by atoms with Gasteiger partial charge in [0, 0.05) is 12.0 Å². The first-order valence-electron chi connectivity index (χ1n) is 3.39. The summed E-state index contributed by atoms with van der Waals surface area (Å²) in [6, 6.07) is 0. The van der Waals surface area contributed by atoms with Gasteiger partial charge in [0.05, 0.1) is 0 Å². The van der Waals surface area contributed by atoms with Gasteiger partial charge in [-0.1, -0.05) is 0 Å². The molecule has 1 aliphatic rings. The molecule has 9 heavy (non-hydrogen) atoms. The zero-order chi connectivity index (χ0) is 6.69. The minimum Gasteiger partial charge on any atom is -0.396 e. The van der Waals surface area contributed by atoms with E-state index < -0.39 is 0 Å². The molecule has 2 heteroatoms. The molecule has 2 atom stereocenters. The van der Waals surface area contributed by atoms with Gasteiger partial charge in [0.25, 0.3) is 0 Å². The third-order valence-electron chi connectivity index (χ3n) is 1.77. The topological polar surface area (TPSA) is 20.2 Å². The van der Waals surface area contributed by atoms with Crippen molar-refractivity contribution in [2.24, 2.45) is 5.92 Å². The molecule has 1 N–H and O–H groups in total. The maximum atomic E-state index is 8.73. The lowest BCUT2D eigenvalue weighted by Gasteiger charge is -2.22. The van der Waals surface area contributed by atoms with Crippen LogP contribution >= 0.6 is 11.6 Å². The number of aliphatic hydroxyl groups is 1. The maximum Gasteiger partial charge on any atom is 0.0459 e. The molecule has 1 aliphatic carbocycles. The van der Waals surface area contributed by atoms with Crippen molar-refractivity contribution in [2.45, 2.75) is 24.6 Å². The highest BCUT2D eigenvalue weighted by Crippen LogP contribution is 2.26. The molecule has 1 rings (SSSR count). The SMILES string of the molecule is OCC1C[CH]CC(Cl)C1. The van der Waals surface area contributed by atoms with E-state index in [1.165, 1.54) is 0 Å². The Morgan fingerprint density at radius 1 is 1.56 bits per heavy atom. The number of alkyl halides is 1. The van der Waals surface area contributed by atoms with E-state index in [0.717, 1.165) is 19.3 Å². The second-order valence-corrected chi connectivity index (χ2v) is 3.26. The van der Waals surface area contributed by atoms with Crippen LogP contribution in [0.1, 0.15) is 19.3 Å². The van der Waals surface area contributed by atoms with Crippen LogP contribution in [-0.2, 0) is 0 Å². The van der Waals surface area contributed by atoms with Crippen LogP contribution in [0.15, 0.2) is 0 Å². The van der Waals surface area contributed by atoms with E-state index in [0.29, 0.717) is 12.5 Å². The Morgan fingerprint density at radius 2 is 2.33 bits per heavy atom. The number of aliphatic hydroxyl groups excluding tert-OH is 1. The predicted molar refractivity (Wildman–Crippen MR) is 38.4 cm³/mol. The molecule has 53 valence electrons. The molecule has 0 aromatic heterocycles. The van der Waals surface area contributed by atoms with Crippen molar-refractivity contribution in [3.63, 3.8) is 0 Å². The Bertz CT molecular complexity index is 85.0. The lowest BCUT2D eigenvalue weighted by atomic mass is 9.90. The first-order chi connectivity index (χ1) is 4.33. The average Bonchev–Trinajstić information content (AvgIpc) is 1.88. The van der Waals surface area contributed by atoms with Gasteiger partial charge in [0.1, 0.15) is 0 Å². The average molecular weight is 148 g/mol. The van der Waals surface area contributed by atoms with E-state index in [-0.39, 0.29) is 5.38 Å². The highest BCUT2D eigenvalue weighted by atomic mass is 35.5. The van der Waals surface area contributed by atoms with Crippen LogP contribution in [0, 0.1) is 12.3 Å². The molecule has 1 nitrogen and oxygen atoms in total. The molecule has 0 saturated heterocycles. The third kappa shape index (κ3) is 2.15. The molecule has 0 aromatic carbocycles. The molecule has 0 aliphatic heterocycles. The Kier molecular flexibility index (Phi) is 2.80. The molecule has 1 radical (unpaired) electrons. The molecule has 0 heterocycles. The molecule has 1 fully saturated rings. The number of rotatable bonds is 1. The fourth-order valence-corrected chi connectivity index (χ4v) is 1.59. The lowest BCUT2D eigenvalue weighted by molar-refractivity contribution is 0.206. The molecule has 1 saturated carbocycles. The van der Waals surface area contributed by atoms with Crippen LogP contribution in [0.2, 0.25) is 0 Å². The van der Waals surface area contributed by atoms with Crippen molar-refractivity contribution in [3.05, 3.63) is 6.42 Å². The van der Waals surface area contributed by atoms with Crippen LogP contribution in [0.4, 0.5) is 0 Å². The molecular weight excluding hydrogens is 136 g/mol. The summed E-state index contributed by atoms with van der Waals surface area (Å²) in [5, 5.41) is 9.00. The zero-order valence-corrected chi connectivity index (χ0v) is 6.14. The third-order valence-corrected chi connectivity index (χ3v) is 2.13. The van der Waals surface area contributed by atoms with E-state index in [1.54, 1.807) is 0 Å². The van der Waals surface area contributed by atoms with E-state index in [1.807, 2.05) is 0 Å². The van der Waals surface area contributed by atoms with E-state index in [4.69, 9.17) is 16.7 Å². The van der Waals surface area contributed by atoms with Crippen LogP contribution in [0.3, 0.4) is 0 Å². The molecule has 0 aromatic rings. The molecule has 0 amide bonds. The first-order valence-corrected chi connectivity index (χ1v) is 3.83. The van der Waals surface area contributed by atoms with E-state index >= 15 is 0 Å². The second kappa shape index (κ2) is 3.43. The van der Waals surface area contributed by atoms with Gasteiger partial charge in [-0.15, -0.1) is 11.6 Å². The van der Waals surface area contributed by atoms with Gasteiger partial charge in [-0.05, 0) is 31.6 Å². The first kappa shape index (κ1) is 7.36. The van der Waals surface area contributed by atoms with Gasteiger partial charge >= 0.3 is 0 Å². The highest BCUT2D eigenvalue weighted by molar-refractivity contribution is 6.20. The van der Waals surface area contributed by atoms with Crippen LogP contribution in [0.25, 0.3) is 0 Å². The van der Waals surface area contributed by atoms with Crippen molar-refractivity contribution >= 4 is 11.6 Å². The summed E-state index contributed by atoms with van der Waals surface area (Å²) >= 11 is 5.85. The Balaban J connectivity index is 2.23. The smallest absolute Gasteiger partial charge is 0.0459 e. The quantitative estimate of drug-likeness (QED) is 0.559. The van der Waals surface area contributed by atoms with Crippen molar-refractivity contribution in [1.82, 2.24) is 0 Å². The Morgan fingerprint density at radius 3 is 2.78 bits per heavy atom. The van der Waals surface area contributed by atoms with E-state index in [2.05, 4.69) is 6.42 Å². The summed E-state index contributed by atoms with van der Waals surface area (Å²) in [5.74, 6) is 0.432. The standard InChI is InChI=1S/C7H12ClO/c8-7-3-1-2-6(4-7)5-9/h1,6-7,9H,2-5H2. The number of hydrogen-bond donors (Lipinski definition) is 1. The minimum atomic E-state index is 0.274. The number of halogens is 1. The Labute approximate surface area is 61.0 Å². The number of hydrogen-bond acceptors (Lipinski definition) is 1. The van der Waals surface area contributed by atoms with E-state index in [9.17, 15) is 0 Å². The molecular formula is C7H12ClO. The summed E-state index contributed by atoms with van der Waals surface area (Å²) < 4.78 is 0. The Hall–Kier alpha value is 0.250. The summed E-state index contributed by atoms with van der Waals surface area (Å²) in [6.45, 7) is 0.291. The summed E-state index contributed by atoms with van der Waals surface area (Å²) in [6.07, 6.45) is 5.20. The van der Waals surface area contributed by atoms with Crippen LogP contribution in [-0.4, -0.2) is 17.1 Å². The predicted octanol–water partition coefficient (Wildman–Crippen LogP) is 1.59. The highest BCUT2D eigenvalue weighted by Gasteiger charge is 2.18. The van der Waals surface area contributed by atoms with Gasteiger partial charge in [0.2, 0.25) is 0 Å². The summed E-state index contributed by atoms with van der Waals surface area (Å²) in [4.78, 5) is 0.